The molecule has 6 N–H and O–H groups in total. The fourth-order valence-electron chi connectivity index (χ4n) is 12.5. The Morgan fingerprint density at radius 3 is 0.852 bits per heavy atom. The number of aromatic amines is 2. The maximum atomic E-state index is 14.3. The molecule has 4 aromatic carbocycles. The summed E-state index contributed by atoms with van der Waals surface area (Å²) in [7, 11) is 6.36. The summed E-state index contributed by atoms with van der Waals surface area (Å²) in [5.74, 6) is 0.574. The number of aromatic nitrogens is 4. The molecule has 20 heteroatoms. The van der Waals surface area contributed by atoms with E-state index in [2.05, 4.69) is 31.2 Å². The first-order chi connectivity index (χ1) is 43.1. The zero-order valence-corrected chi connectivity index (χ0v) is 49.1. The lowest BCUT2D eigenvalue weighted by Crippen LogP contribution is -2.28. The predicted molar refractivity (Wildman–Crippen MR) is 337 cm³/mol. The Hall–Kier alpha value is -9.60. The van der Waals surface area contributed by atoms with Gasteiger partial charge in [-0.05, 0) is 148 Å². The predicted octanol–water partition coefficient (Wildman–Crippen LogP) is 11.8. The molecule has 9 heterocycles. The Balaban J connectivity index is 1.18. The molecule has 20 nitrogen and oxygen atoms in total. The van der Waals surface area contributed by atoms with Crippen LogP contribution in [0.5, 0.6) is 23.0 Å². The Kier molecular flexibility index (Phi) is 16.3. The highest BCUT2D eigenvalue weighted by Crippen LogP contribution is 2.49. The smallest absolute Gasteiger partial charge is 0.253 e. The molecule has 0 spiro atoms. The molecule has 3 aromatic heterocycles. The first-order valence-corrected chi connectivity index (χ1v) is 29.7. The molecule has 88 heavy (non-hydrogen) atoms. The molecule has 6 aliphatic heterocycles. The molecule has 0 radical (unpaired) electrons. The van der Waals surface area contributed by atoms with Crippen LogP contribution in [0.1, 0.15) is 74.1 Å². The third kappa shape index (κ3) is 11.0. The Morgan fingerprint density at radius 1 is 0.364 bits per heavy atom. The van der Waals surface area contributed by atoms with Gasteiger partial charge in [0.1, 0.15) is 47.4 Å². The van der Waals surface area contributed by atoms with Gasteiger partial charge in [-0.3, -0.25) is 19.2 Å². The number of ether oxygens (including phenoxy) is 8. The van der Waals surface area contributed by atoms with Gasteiger partial charge in [-0.15, -0.1) is 0 Å². The average Bonchev–Trinajstić information content (AvgIpc) is 1.90. The van der Waals surface area contributed by atoms with Gasteiger partial charge in [0.05, 0.1) is 85.1 Å². The van der Waals surface area contributed by atoms with Gasteiger partial charge in [-0.1, -0.05) is 24.3 Å². The van der Waals surface area contributed by atoms with Crippen molar-refractivity contribution >= 4 is 92.7 Å². The zero-order chi connectivity index (χ0) is 60.4. The van der Waals surface area contributed by atoms with Gasteiger partial charge in [-0.25, -0.2) is 9.97 Å². The van der Waals surface area contributed by atoms with Crippen LogP contribution in [0.4, 0.5) is 22.7 Å². The van der Waals surface area contributed by atoms with E-state index in [1.54, 1.807) is 64.8 Å². The van der Waals surface area contributed by atoms with Crippen LogP contribution in [0.2, 0.25) is 0 Å². The number of anilines is 4. The number of H-pyrrole nitrogens is 2. The zero-order valence-electron chi connectivity index (χ0n) is 49.1. The van der Waals surface area contributed by atoms with E-state index in [1.807, 2.05) is 85.0 Å². The van der Waals surface area contributed by atoms with Crippen molar-refractivity contribution in [1.29, 1.82) is 0 Å². The van der Waals surface area contributed by atoms with E-state index < -0.39 is 24.4 Å². The molecule has 0 aliphatic carbocycles. The minimum Gasteiger partial charge on any atom is -0.496 e. The topological polar surface area (TPSA) is 248 Å². The molecule has 8 bridgehead atoms. The molecule has 4 fully saturated rings. The maximum Gasteiger partial charge on any atom is 0.253 e. The highest BCUT2D eigenvalue weighted by atomic mass is 16.5. The number of carbonyl (C=O) groups excluding carboxylic acids is 4. The Morgan fingerprint density at radius 2 is 0.614 bits per heavy atom. The van der Waals surface area contributed by atoms with Crippen molar-refractivity contribution in [3.05, 3.63) is 120 Å². The number of rotatable bonds is 16. The van der Waals surface area contributed by atoms with Gasteiger partial charge in [0.2, 0.25) is 0 Å². The minimum absolute atomic E-state index is 0.335. The van der Waals surface area contributed by atoms with Gasteiger partial charge < -0.3 is 69.1 Å². The number of methoxy groups -OCH3 is 4. The van der Waals surface area contributed by atoms with Crippen LogP contribution >= 0.6 is 0 Å². The molecule has 7 aromatic rings. The van der Waals surface area contributed by atoms with Gasteiger partial charge >= 0.3 is 0 Å². The third-order valence-corrected chi connectivity index (χ3v) is 16.7. The van der Waals surface area contributed by atoms with E-state index in [4.69, 9.17) is 47.9 Å². The van der Waals surface area contributed by atoms with Crippen LogP contribution in [0, 0.1) is 0 Å². The summed E-state index contributed by atoms with van der Waals surface area (Å²) < 4.78 is 48.3. The van der Waals surface area contributed by atoms with Crippen LogP contribution in [0.15, 0.2) is 97.1 Å². The fourth-order valence-corrected chi connectivity index (χ4v) is 12.5. The molecule has 0 saturated carbocycles. The van der Waals surface area contributed by atoms with Crippen molar-refractivity contribution in [1.82, 2.24) is 19.9 Å². The van der Waals surface area contributed by atoms with Crippen LogP contribution in [-0.4, -0.2) is 123 Å². The number of nitrogens with zero attached hydrogens (tertiary/aromatic N) is 2. The van der Waals surface area contributed by atoms with Crippen molar-refractivity contribution in [3.63, 3.8) is 0 Å². The summed E-state index contributed by atoms with van der Waals surface area (Å²) >= 11 is 0. The second kappa shape index (κ2) is 25.0. The van der Waals surface area contributed by atoms with Gasteiger partial charge in [0.15, 0.2) is 0 Å². The normalized spacial score (nSPS) is 18.5. The summed E-state index contributed by atoms with van der Waals surface area (Å²) in [5, 5.41) is 12.8. The number of benzene rings is 4. The first kappa shape index (κ1) is 57.5. The molecule has 6 aliphatic rings. The van der Waals surface area contributed by atoms with Crippen LogP contribution in [0.25, 0.3) is 90.9 Å². The lowest BCUT2D eigenvalue weighted by Gasteiger charge is -2.20. The molecule has 0 unspecified atom stereocenters. The van der Waals surface area contributed by atoms with Crippen molar-refractivity contribution < 1.29 is 57.1 Å². The molecule has 4 atom stereocenters. The number of fused-ring (bicyclic) bond motifs is 8. The molecule has 450 valence electrons. The van der Waals surface area contributed by atoms with Crippen LogP contribution in [-0.2, 0) is 38.1 Å². The summed E-state index contributed by atoms with van der Waals surface area (Å²) in [6.07, 6.45) is 9.92. The highest BCUT2D eigenvalue weighted by Gasteiger charge is 2.33. The summed E-state index contributed by atoms with van der Waals surface area (Å²) in [6.45, 7) is 1.82. The second-order valence-corrected chi connectivity index (χ2v) is 22.0. The van der Waals surface area contributed by atoms with Gasteiger partial charge in [0, 0.05) is 81.9 Å². The maximum absolute atomic E-state index is 14.3. The number of nitrogens with one attached hydrogen (secondary N) is 6. The van der Waals surface area contributed by atoms with Crippen LogP contribution in [0.3, 0.4) is 0 Å². The lowest BCUT2D eigenvalue weighted by atomic mass is 9.98. The molecular weight excluding hydrogens is 1120 g/mol. The Labute approximate surface area is 507 Å². The Bertz CT molecular complexity index is 3740. The number of hydrogen-bond donors (Lipinski definition) is 6. The van der Waals surface area contributed by atoms with Crippen molar-refractivity contribution in [2.75, 3.05) is 76.1 Å². The van der Waals surface area contributed by atoms with E-state index in [9.17, 15) is 19.2 Å². The van der Waals surface area contributed by atoms with E-state index >= 15 is 0 Å². The second-order valence-electron chi connectivity index (χ2n) is 22.0. The number of carbonyl (C=O) groups is 4. The lowest BCUT2D eigenvalue weighted by molar-refractivity contribution is -0.125. The van der Waals surface area contributed by atoms with Gasteiger partial charge in [0.25, 0.3) is 23.6 Å². The molecule has 4 saturated heterocycles. The third-order valence-electron chi connectivity index (χ3n) is 16.7. The highest BCUT2D eigenvalue weighted by molar-refractivity contribution is 6.12. The van der Waals surface area contributed by atoms with Crippen LogP contribution < -0.4 is 40.2 Å². The average molecular weight is 1190 g/mol. The van der Waals surface area contributed by atoms with Crippen molar-refractivity contribution in [2.45, 2.75) is 75.8 Å². The largest absolute Gasteiger partial charge is 0.496 e. The summed E-state index contributed by atoms with van der Waals surface area (Å²) in [6, 6.07) is 29.5. The molecule has 4 amide bonds. The van der Waals surface area contributed by atoms with E-state index in [0.29, 0.717) is 187 Å². The SMILES string of the molecule is COc1cccc(OC)c1-c1c2nc(c(-c3c(NC(=O)[C@@H]4CCCO4)cccc3NC(=O)[C@@H]3CCCO3)c3ccc([nH]3)c(-c3c(OC)cccc3OC)c3nc(c(-c4c(NC(=O)[C@@H]5CCCO5)cccc4NC(=O)[C@@H]4CCCO4)c4ccc1[nH]4)C=C3)C=C2. The van der Waals surface area contributed by atoms with E-state index in [-0.39, 0.29) is 23.6 Å². The standard InChI is InChI=1S/C68H66N8O12/c1-81-49-17-7-18-50(82-2)63(49)61-45-29-25-41(69-45)59(57-37(73-65(77)53-21-9-33-85-53)13-5-14-38(57)74-66(78)54-22-10-34-86-54)43-27-31-47(71-43)62(64-51(83-3)19-8-20-52(64)84-4)48-32-28-44(72-48)60(42-26-30-46(61)70-42)58-39(75-67(79)55-23-11-35-87-55)15-6-16-40(58)76-68(80)56-24-12-36-88-56/h5-8,13-20,25-32,53-56,69,72H,9-12,21-24,33-36H2,1-4H3,(H,73,77)(H,74,78)(H,75,79)(H,76,80)/t53-,54-,55-,56-/m0/s1. The van der Waals surface area contributed by atoms with E-state index in [0.717, 1.165) is 25.7 Å². The van der Waals surface area contributed by atoms with E-state index in [1.165, 1.54) is 0 Å². The quantitative estimate of drug-likeness (QED) is 0.0527. The summed E-state index contributed by atoms with van der Waals surface area (Å²) in [4.78, 5) is 75.9. The molecular formula is C68H66N8O12. The van der Waals surface area contributed by atoms with Crippen molar-refractivity contribution in [3.8, 4) is 67.5 Å². The number of amides is 4. The monoisotopic (exact) mass is 1190 g/mol. The van der Waals surface area contributed by atoms with Crippen molar-refractivity contribution in [2.24, 2.45) is 0 Å². The first-order valence-electron chi connectivity index (χ1n) is 29.7. The summed E-state index contributed by atoms with van der Waals surface area (Å²) in [5.41, 5.74) is 9.78. The number of hydrogen-bond acceptors (Lipinski definition) is 14. The molecule has 13 rings (SSSR count). The van der Waals surface area contributed by atoms with Gasteiger partial charge in [-0.2, -0.15) is 0 Å². The fraction of sp³-hybridized carbons (Fsp3) is 0.294. The minimum atomic E-state index is -0.692.